The minimum atomic E-state index is -0.156. The van der Waals surface area contributed by atoms with Crippen molar-refractivity contribution in [3.05, 3.63) is 78.3 Å². The number of amides is 2. The third kappa shape index (κ3) is 4.58. The van der Waals surface area contributed by atoms with Crippen LogP contribution in [0.4, 0.5) is 0 Å². The van der Waals surface area contributed by atoms with Crippen molar-refractivity contribution in [2.75, 3.05) is 26.2 Å². The maximum absolute atomic E-state index is 13.2. The molecular weight excluding hydrogens is 414 g/mol. The van der Waals surface area contributed by atoms with E-state index in [0.29, 0.717) is 31.0 Å². The number of nitrogens with one attached hydrogen (secondary N) is 1. The highest BCUT2D eigenvalue weighted by Gasteiger charge is 2.32. The van der Waals surface area contributed by atoms with Gasteiger partial charge in [0.2, 0.25) is 5.91 Å². The van der Waals surface area contributed by atoms with E-state index in [1.165, 1.54) is 11.1 Å². The predicted molar refractivity (Wildman–Crippen MR) is 126 cm³/mol. The number of aromatic nitrogens is 3. The van der Waals surface area contributed by atoms with Gasteiger partial charge in [-0.2, -0.15) is 5.10 Å². The number of carbonyl (C=O) groups is 2. The summed E-state index contributed by atoms with van der Waals surface area (Å²) >= 11 is 0. The van der Waals surface area contributed by atoms with Crippen molar-refractivity contribution >= 4 is 17.4 Å². The Bertz CT molecular complexity index is 1160. The van der Waals surface area contributed by atoms with Gasteiger partial charge in [-0.1, -0.05) is 36.4 Å². The van der Waals surface area contributed by atoms with Gasteiger partial charge in [-0.25, -0.2) is 0 Å². The number of likely N-dealkylation sites (tertiary alicyclic amines) is 1. The Morgan fingerprint density at radius 3 is 2.55 bits per heavy atom. The first-order valence-corrected chi connectivity index (χ1v) is 11.5. The van der Waals surface area contributed by atoms with E-state index in [2.05, 4.69) is 33.4 Å². The van der Waals surface area contributed by atoms with E-state index in [1.807, 2.05) is 35.2 Å². The van der Waals surface area contributed by atoms with Crippen LogP contribution in [-0.2, 0) is 4.79 Å². The third-order valence-electron chi connectivity index (χ3n) is 6.51. The van der Waals surface area contributed by atoms with Gasteiger partial charge in [0.25, 0.3) is 5.91 Å². The first-order valence-electron chi connectivity index (χ1n) is 11.5. The van der Waals surface area contributed by atoms with E-state index in [0.717, 1.165) is 31.4 Å². The van der Waals surface area contributed by atoms with Gasteiger partial charge in [-0.15, -0.1) is 0 Å². The van der Waals surface area contributed by atoms with Crippen molar-refractivity contribution in [1.29, 1.82) is 0 Å². The molecule has 5 rings (SSSR count). The average molecular weight is 442 g/mol. The van der Waals surface area contributed by atoms with E-state index in [9.17, 15) is 9.59 Å². The molecule has 1 fully saturated rings. The molecule has 2 aliphatic heterocycles. The second-order valence-electron chi connectivity index (χ2n) is 8.62. The zero-order valence-electron chi connectivity index (χ0n) is 18.5. The third-order valence-corrected chi connectivity index (χ3v) is 6.51. The number of nitrogens with zero attached hydrogens (tertiary/aromatic N) is 4. The van der Waals surface area contributed by atoms with Crippen LogP contribution in [0.1, 0.15) is 35.3 Å². The minimum Gasteiger partial charge on any atom is -0.338 e. The molecular formula is C26H27N5O2. The molecule has 1 N–H and O–H groups in total. The molecule has 4 heterocycles. The van der Waals surface area contributed by atoms with Crippen molar-refractivity contribution in [3.63, 3.8) is 0 Å². The number of hydrogen-bond acceptors (Lipinski definition) is 4. The molecule has 1 aromatic carbocycles. The Morgan fingerprint density at radius 1 is 0.970 bits per heavy atom. The lowest BCUT2D eigenvalue weighted by atomic mass is 9.94. The van der Waals surface area contributed by atoms with E-state index in [-0.39, 0.29) is 17.7 Å². The molecule has 0 bridgehead atoms. The van der Waals surface area contributed by atoms with Crippen LogP contribution in [-0.4, -0.2) is 63.0 Å². The van der Waals surface area contributed by atoms with E-state index >= 15 is 0 Å². The number of aromatic amines is 1. The van der Waals surface area contributed by atoms with Gasteiger partial charge in [0.1, 0.15) is 5.69 Å². The fourth-order valence-electron chi connectivity index (χ4n) is 4.68. The summed E-state index contributed by atoms with van der Waals surface area (Å²) in [5.74, 6) is -0.111. The van der Waals surface area contributed by atoms with Gasteiger partial charge < -0.3 is 9.80 Å². The monoisotopic (exact) mass is 441 g/mol. The highest BCUT2D eigenvalue weighted by Crippen LogP contribution is 2.26. The highest BCUT2D eigenvalue weighted by molar-refractivity contribution is 5.94. The molecule has 3 aromatic rings. The Balaban J connectivity index is 1.22. The largest absolute Gasteiger partial charge is 0.338 e. The molecule has 1 saturated heterocycles. The van der Waals surface area contributed by atoms with Crippen LogP contribution in [0.15, 0.2) is 67.0 Å². The van der Waals surface area contributed by atoms with Gasteiger partial charge in [-0.3, -0.25) is 19.7 Å². The number of pyridine rings is 1. The molecule has 0 radical (unpaired) electrons. The van der Waals surface area contributed by atoms with Crippen LogP contribution in [0.5, 0.6) is 0 Å². The number of carbonyl (C=O) groups excluding carboxylic acids is 2. The molecule has 7 heteroatoms. The van der Waals surface area contributed by atoms with Gasteiger partial charge in [-0.05, 0) is 48.6 Å². The van der Waals surface area contributed by atoms with Gasteiger partial charge in [0.15, 0.2) is 0 Å². The van der Waals surface area contributed by atoms with Crippen LogP contribution >= 0.6 is 0 Å². The first-order chi connectivity index (χ1) is 16.2. The number of piperidine rings is 1. The summed E-state index contributed by atoms with van der Waals surface area (Å²) in [5, 5.41) is 7.14. The molecule has 7 nitrogen and oxygen atoms in total. The predicted octanol–water partition coefficient (Wildman–Crippen LogP) is 3.64. The Labute approximate surface area is 193 Å². The summed E-state index contributed by atoms with van der Waals surface area (Å²) in [6.07, 6.45) is 8.06. The summed E-state index contributed by atoms with van der Waals surface area (Å²) in [7, 11) is 0. The highest BCUT2D eigenvalue weighted by atomic mass is 16.2. The van der Waals surface area contributed by atoms with Gasteiger partial charge in [0, 0.05) is 44.1 Å². The first kappa shape index (κ1) is 21.1. The lowest BCUT2D eigenvalue weighted by molar-refractivity contribution is -0.136. The Kier molecular flexibility index (Phi) is 6.02. The number of rotatable bonds is 4. The Morgan fingerprint density at radius 2 is 1.79 bits per heavy atom. The molecule has 1 atom stereocenters. The molecule has 0 saturated carbocycles. The number of H-pyrrole nitrogens is 1. The van der Waals surface area contributed by atoms with E-state index in [1.54, 1.807) is 23.4 Å². The van der Waals surface area contributed by atoms with Crippen LogP contribution in [0.2, 0.25) is 0 Å². The van der Waals surface area contributed by atoms with Crippen molar-refractivity contribution < 1.29 is 9.59 Å². The van der Waals surface area contributed by atoms with Gasteiger partial charge >= 0.3 is 0 Å². The molecule has 0 unspecified atom stereocenters. The van der Waals surface area contributed by atoms with Crippen molar-refractivity contribution in [2.24, 2.45) is 5.92 Å². The fourth-order valence-corrected chi connectivity index (χ4v) is 4.68. The van der Waals surface area contributed by atoms with Gasteiger partial charge in [0.05, 0.1) is 11.6 Å². The number of benzene rings is 1. The topological polar surface area (TPSA) is 82.2 Å². The smallest absolute Gasteiger partial charge is 0.271 e. The fraction of sp³-hybridized carbons (Fsp3) is 0.308. The maximum atomic E-state index is 13.2. The van der Waals surface area contributed by atoms with Crippen molar-refractivity contribution in [2.45, 2.75) is 19.3 Å². The molecule has 2 amide bonds. The average Bonchev–Trinajstić information content (AvgIpc) is 3.39. The summed E-state index contributed by atoms with van der Waals surface area (Å²) in [6, 6.07) is 15.8. The van der Waals surface area contributed by atoms with Crippen LogP contribution < -0.4 is 0 Å². The molecule has 0 aliphatic carbocycles. The summed E-state index contributed by atoms with van der Waals surface area (Å²) in [6.45, 7) is 2.46. The molecule has 2 aliphatic rings. The zero-order chi connectivity index (χ0) is 22.6. The second-order valence-corrected chi connectivity index (χ2v) is 8.62. The van der Waals surface area contributed by atoms with Crippen molar-refractivity contribution in [1.82, 2.24) is 25.0 Å². The molecule has 0 spiro atoms. The normalized spacial score (nSPS) is 18.7. The Hall–Kier alpha value is -3.74. The van der Waals surface area contributed by atoms with Crippen LogP contribution in [0, 0.1) is 5.92 Å². The molecule has 168 valence electrons. The summed E-state index contributed by atoms with van der Waals surface area (Å²) < 4.78 is 0. The lowest BCUT2D eigenvalue weighted by Crippen LogP contribution is -2.47. The lowest BCUT2D eigenvalue weighted by Gasteiger charge is -2.35. The zero-order valence-corrected chi connectivity index (χ0v) is 18.5. The quantitative estimate of drug-likeness (QED) is 0.670. The standard InChI is InChI=1S/C26H27N5O2/c32-25(30-15-10-20(11-16-30)19-5-2-1-3-6-19)22-7-4-14-31(18-22)26(33)24-17-23(28-29-24)21-8-12-27-13-9-21/h1-3,5-6,8-10,12-13,17,22H,4,7,11,14-16,18H2,(H,28,29)/t22-/m0/s1. The molecule has 2 aromatic heterocycles. The molecule has 33 heavy (non-hydrogen) atoms. The summed E-state index contributed by atoms with van der Waals surface area (Å²) in [4.78, 5) is 34.1. The summed E-state index contributed by atoms with van der Waals surface area (Å²) in [5.41, 5.74) is 4.58. The van der Waals surface area contributed by atoms with E-state index in [4.69, 9.17) is 0 Å². The SMILES string of the molecule is O=C(c1cc(-c2ccncc2)n[nH]1)N1CCC[C@H](C(=O)N2CC=C(c3ccccc3)CC2)C1. The van der Waals surface area contributed by atoms with E-state index < -0.39 is 0 Å². The van der Waals surface area contributed by atoms with Crippen molar-refractivity contribution in [3.8, 4) is 11.3 Å². The second kappa shape index (κ2) is 9.40. The minimum absolute atomic E-state index is 0.106. The van der Waals surface area contributed by atoms with Crippen LogP contribution in [0.3, 0.4) is 0 Å². The number of hydrogen-bond donors (Lipinski definition) is 1. The maximum Gasteiger partial charge on any atom is 0.271 e. The van der Waals surface area contributed by atoms with Crippen LogP contribution in [0.25, 0.3) is 16.8 Å².